The first-order chi connectivity index (χ1) is 12.0. The van der Waals surface area contributed by atoms with E-state index in [9.17, 15) is 9.59 Å². The minimum atomic E-state index is -0.641. The van der Waals surface area contributed by atoms with E-state index in [-0.39, 0.29) is 18.2 Å². The number of amides is 1. The van der Waals surface area contributed by atoms with Crippen molar-refractivity contribution >= 4 is 11.9 Å². The maximum Gasteiger partial charge on any atom is 0.344 e. The number of rotatable bonds is 5. The molecule has 1 N–H and O–H groups in total. The minimum Gasteiger partial charge on any atom is -0.486 e. The normalized spacial score (nSPS) is 15.5. The van der Waals surface area contributed by atoms with Gasteiger partial charge in [-0.1, -0.05) is 17.3 Å². The van der Waals surface area contributed by atoms with Crippen LogP contribution < -0.4 is 14.8 Å². The first-order valence-electron chi connectivity index (χ1n) is 7.79. The summed E-state index contributed by atoms with van der Waals surface area (Å²) < 4.78 is 21.2. The van der Waals surface area contributed by atoms with Crippen molar-refractivity contribution in [3.05, 3.63) is 41.3 Å². The molecule has 8 nitrogen and oxygen atoms in total. The number of fused-ring (bicyclic) bond motifs is 1. The monoisotopic (exact) mass is 346 g/mol. The number of benzene rings is 1. The lowest BCUT2D eigenvalue weighted by atomic mass is 10.2. The summed E-state index contributed by atoms with van der Waals surface area (Å²) in [5.74, 6) is 0.603. The van der Waals surface area contributed by atoms with Crippen molar-refractivity contribution in [3.8, 4) is 11.5 Å². The maximum atomic E-state index is 11.9. The lowest BCUT2D eigenvalue weighted by Gasteiger charge is -2.26. The van der Waals surface area contributed by atoms with Gasteiger partial charge in [0.05, 0.1) is 12.2 Å². The quantitative estimate of drug-likeness (QED) is 0.817. The zero-order valence-corrected chi connectivity index (χ0v) is 13.9. The van der Waals surface area contributed by atoms with Crippen LogP contribution in [0.15, 0.2) is 28.8 Å². The van der Waals surface area contributed by atoms with Crippen molar-refractivity contribution in [1.82, 2.24) is 10.5 Å². The molecule has 1 aliphatic heterocycles. The summed E-state index contributed by atoms with van der Waals surface area (Å²) in [4.78, 5) is 23.8. The molecule has 1 atom stereocenters. The topological polar surface area (TPSA) is 99.9 Å². The van der Waals surface area contributed by atoms with E-state index in [1.165, 1.54) is 0 Å². The largest absolute Gasteiger partial charge is 0.486 e. The Morgan fingerprint density at radius 1 is 1.28 bits per heavy atom. The van der Waals surface area contributed by atoms with E-state index in [1.54, 1.807) is 19.9 Å². The van der Waals surface area contributed by atoms with Gasteiger partial charge in [0.25, 0.3) is 5.91 Å². The van der Waals surface area contributed by atoms with Crippen LogP contribution in [0.25, 0.3) is 0 Å². The van der Waals surface area contributed by atoms with Crippen molar-refractivity contribution in [1.29, 1.82) is 0 Å². The van der Waals surface area contributed by atoms with E-state index in [0.717, 1.165) is 0 Å². The van der Waals surface area contributed by atoms with E-state index >= 15 is 0 Å². The van der Waals surface area contributed by atoms with Gasteiger partial charge in [-0.15, -0.1) is 0 Å². The molecule has 2 heterocycles. The Bertz CT molecular complexity index is 766. The number of aromatic nitrogens is 1. The van der Waals surface area contributed by atoms with Gasteiger partial charge in [0.2, 0.25) is 0 Å². The van der Waals surface area contributed by atoms with Gasteiger partial charge >= 0.3 is 5.97 Å². The lowest BCUT2D eigenvalue weighted by molar-refractivity contribution is -0.124. The molecule has 1 unspecified atom stereocenters. The number of hydrogen-bond acceptors (Lipinski definition) is 7. The number of nitrogens with one attached hydrogen (secondary N) is 1. The van der Waals surface area contributed by atoms with Gasteiger partial charge in [0.1, 0.15) is 24.0 Å². The third kappa shape index (κ3) is 3.90. The molecule has 1 amide bonds. The van der Waals surface area contributed by atoms with Gasteiger partial charge in [0, 0.05) is 0 Å². The third-order valence-electron chi connectivity index (χ3n) is 3.67. The minimum absolute atomic E-state index is 0.244. The molecule has 3 rings (SSSR count). The molecule has 0 saturated heterocycles. The lowest BCUT2D eigenvalue weighted by Crippen LogP contribution is -2.42. The number of esters is 1. The molecule has 0 fully saturated rings. The average molecular weight is 346 g/mol. The summed E-state index contributed by atoms with van der Waals surface area (Å²) in [5.41, 5.74) is 0.669. The van der Waals surface area contributed by atoms with Crippen molar-refractivity contribution in [2.45, 2.75) is 20.0 Å². The van der Waals surface area contributed by atoms with E-state index < -0.39 is 18.5 Å². The highest BCUT2D eigenvalue weighted by Crippen LogP contribution is 2.30. The fourth-order valence-electron chi connectivity index (χ4n) is 2.42. The summed E-state index contributed by atoms with van der Waals surface area (Å²) in [6.07, 6.45) is -0.308. The van der Waals surface area contributed by atoms with Crippen LogP contribution >= 0.6 is 0 Å². The van der Waals surface area contributed by atoms with Crippen molar-refractivity contribution < 1.29 is 28.3 Å². The second-order valence-corrected chi connectivity index (χ2v) is 5.58. The van der Waals surface area contributed by atoms with Gasteiger partial charge in [-0.3, -0.25) is 4.79 Å². The highest BCUT2D eigenvalue weighted by atomic mass is 16.6. The predicted molar refractivity (Wildman–Crippen MR) is 85.6 cm³/mol. The molecule has 1 aliphatic rings. The first-order valence-corrected chi connectivity index (χ1v) is 7.79. The zero-order chi connectivity index (χ0) is 17.8. The summed E-state index contributed by atoms with van der Waals surface area (Å²) in [6.45, 7) is 3.42. The molecule has 0 aliphatic carbocycles. The van der Waals surface area contributed by atoms with Crippen LogP contribution in [0.5, 0.6) is 11.5 Å². The van der Waals surface area contributed by atoms with Crippen molar-refractivity contribution in [2.24, 2.45) is 0 Å². The molecular weight excluding hydrogens is 328 g/mol. The second-order valence-electron chi connectivity index (χ2n) is 5.58. The van der Waals surface area contributed by atoms with E-state index in [2.05, 4.69) is 10.5 Å². The molecule has 2 aromatic rings. The Morgan fingerprint density at radius 3 is 2.76 bits per heavy atom. The van der Waals surface area contributed by atoms with E-state index in [0.29, 0.717) is 29.6 Å². The third-order valence-corrected chi connectivity index (χ3v) is 3.67. The number of carbonyl (C=O) groups excluding carboxylic acids is 2. The van der Waals surface area contributed by atoms with Crippen LogP contribution in [-0.2, 0) is 9.53 Å². The standard InChI is InChI=1S/C17H18N2O6/c1-10-16(11(2)25-19-10)17(21)23-9-15(20)18-7-12-8-22-13-5-3-4-6-14(13)24-12/h3-6,12H,7-9H2,1-2H3,(H,18,20). The number of aryl methyl sites for hydroxylation is 2. The number of nitrogens with zero attached hydrogens (tertiary/aromatic N) is 1. The fourth-order valence-corrected chi connectivity index (χ4v) is 2.42. The molecule has 0 saturated carbocycles. The maximum absolute atomic E-state index is 11.9. The molecule has 1 aromatic heterocycles. The molecule has 25 heavy (non-hydrogen) atoms. The van der Waals surface area contributed by atoms with Crippen LogP contribution in [0, 0.1) is 13.8 Å². The molecule has 0 bridgehead atoms. The summed E-state index contributed by atoms with van der Waals surface area (Å²) in [6, 6.07) is 7.32. The second kappa shape index (κ2) is 7.25. The number of para-hydroxylation sites is 2. The van der Waals surface area contributed by atoms with Crippen molar-refractivity contribution in [3.63, 3.8) is 0 Å². The summed E-state index contributed by atoms with van der Waals surface area (Å²) in [7, 11) is 0. The molecule has 132 valence electrons. The smallest absolute Gasteiger partial charge is 0.344 e. The Morgan fingerprint density at radius 2 is 2.04 bits per heavy atom. The molecule has 0 spiro atoms. The van der Waals surface area contributed by atoms with Gasteiger partial charge in [0.15, 0.2) is 18.1 Å². The van der Waals surface area contributed by atoms with Crippen LogP contribution in [0.3, 0.4) is 0 Å². The zero-order valence-electron chi connectivity index (χ0n) is 13.9. The van der Waals surface area contributed by atoms with Gasteiger partial charge < -0.3 is 24.1 Å². The van der Waals surface area contributed by atoms with Crippen LogP contribution in [-0.4, -0.2) is 42.9 Å². The van der Waals surface area contributed by atoms with E-state index in [4.69, 9.17) is 18.7 Å². The Balaban J connectivity index is 1.44. The molecule has 1 aromatic carbocycles. The van der Waals surface area contributed by atoms with Crippen LogP contribution in [0.2, 0.25) is 0 Å². The number of ether oxygens (including phenoxy) is 3. The average Bonchev–Trinajstić information content (AvgIpc) is 2.96. The predicted octanol–water partition coefficient (Wildman–Crippen LogP) is 1.40. The fraction of sp³-hybridized carbons (Fsp3) is 0.353. The van der Waals surface area contributed by atoms with Gasteiger partial charge in [-0.2, -0.15) is 0 Å². The molecule has 8 heteroatoms. The Hall–Kier alpha value is -3.03. The van der Waals surface area contributed by atoms with Crippen LogP contribution in [0.1, 0.15) is 21.8 Å². The first kappa shape index (κ1) is 16.8. The summed E-state index contributed by atoms with van der Waals surface area (Å²) >= 11 is 0. The molecular formula is C17H18N2O6. The van der Waals surface area contributed by atoms with E-state index in [1.807, 2.05) is 18.2 Å². The Kier molecular flexibility index (Phi) is 4.87. The highest BCUT2D eigenvalue weighted by Gasteiger charge is 2.22. The SMILES string of the molecule is Cc1noc(C)c1C(=O)OCC(=O)NCC1COc2ccccc2O1. The molecule has 0 radical (unpaired) electrons. The van der Waals surface area contributed by atoms with Gasteiger partial charge in [-0.05, 0) is 26.0 Å². The van der Waals surface area contributed by atoms with Crippen LogP contribution in [0.4, 0.5) is 0 Å². The van der Waals surface area contributed by atoms with Crippen molar-refractivity contribution in [2.75, 3.05) is 19.8 Å². The summed E-state index contributed by atoms with van der Waals surface area (Å²) in [5, 5.41) is 6.33. The number of carbonyl (C=O) groups is 2. The number of hydrogen-bond donors (Lipinski definition) is 1. The Labute approximate surface area is 144 Å². The highest BCUT2D eigenvalue weighted by molar-refractivity contribution is 5.93. The van der Waals surface area contributed by atoms with Gasteiger partial charge in [-0.25, -0.2) is 4.79 Å².